The van der Waals surface area contributed by atoms with Crippen molar-refractivity contribution in [3.05, 3.63) is 34.9 Å². The Balaban J connectivity index is 1.46. The van der Waals surface area contributed by atoms with E-state index in [4.69, 9.17) is 16.3 Å². The molecule has 2 saturated carbocycles. The minimum Gasteiger partial charge on any atom is -0.460 e. The predicted molar refractivity (Wildman–Crippen MR) is 104 cm³/mol. The van der Waals surface area contributed by atoms with Crippen molar-refractivity contribution in [3.63, 3.8) is 0 Å². The lowest BCUT2D eigenvalue weighted by atomic mass is 9.70. The number of rotatable bonds is 4. The van der Waals surface area contributed by atoms with E-state index in [0.29, 0.717) is 30.3 Å². The van der Waals surface area contributed by atoms with Crippen LogP contribution < -0.4 is 0 Å². The van der Waals surface area contributed by atoms with E-state index in [1.807, 2.05) is 24.3 Å². The highest BCUT2D eigenvalue weighted by atomic mass is 35.5. The number of carbonyl (C=O) groups excluding carboxylic acids is 2. The second kappa shape index (κ2) is 6.51. The highest BCUT2D eigenvalue weighted by Crippen LogP contribution is 2.66. The molecule has 27 heavy (non-hydrogen) atoms. The van der Waals surface area contributed by atoms with Gasteiger partial charge in [0, 0.05) is 23.4 Å². The summed E-state index contributed by atoms with van der Waals surface area (Å²) in [6, 6.07) is 6.94. The van der Waals surface area contributed by atoms with E-state index in [2.05, 4.69) is 20.8 Å². The molecule has 4 atom stereocenters. The van der Waals surface area contributed by atoms with Gasteiger partial charge in [0.1, 0.15) is 12.1 Å². The summed E-state index contributed by atoms with van der Waals surface area (Å²) in [7, 11) is 0. The molecule has 3 fully saturated rings. The second-order valence-corrected chi connectivity index (χ2v) is 9.67. The molecule has 1 unspecified atom stereocenters. The van der Waals surface area contributed by atoms with Crippen LogP contribution in [0.25, 0.3) is 0 Å². The van der Waals surface area contributed by atoms with Gasteiger partial charge in [-0.2, -0.15) is 0 Å². The first-order valence-electron chi connectivity index (χ1n) is 9.97. The molecule has 4 rings (SSSR count). The molecule has 1 saturated heterocycles. The zero-order valence-corrected chi connectivity index (χ0v) is 17.1. The van der Waals surface area contributed by atoms with Gasteiger partial charge in [-0.1, -0.05) is 44.5 Å². The quantitative estimate of drug-likeness (QED) is 0.707. The summed E-state index contributed by atoms with van der Waals surface area (Å²) in [6.07, 6.45) is 4.20. The summed E-state index contributed by atoms with van der Waals surface area (Å²) in [5.74, 6) is 0.409. The fourth-order valence-electron chi connectivity index (χ4n) is 5.49. The molecular weight excluding hydrogens is 362 g/mol. The van der Waals surface area contributed by atoms with Gasteiger partial charge in [0.05, 0.1) is 0 Å². The average Bonchev–Trinajstić information content (AvgIpc) is 3.15. The molecule has 1 heterocycles. The van der Waals surface area contributed by atoms with Crippen LogP contribution in [-0.4, -0.2) is 28.9 Å². The molecule has 2 bridgehead atoms. The topological polar surface area (TPSA) is 46.6 Å². The molecule has 3 aliphatic rings. The number of amides is 1. The lowest BCUT2D eigenvalue weighted by Gasteiger charge is -2.39. The van der Waals surface area contributed by atoms with Crippen LogP contribution in [0.5, 0.6) is 0 Å². The van der Waals surface area contributed by atoms with Crippen molar-refractivity contribution in [3.8, 4) is 0 Å². The van der Waals surface area contributed by atoms with E-state index >= 15 is 0 Å². The number of carbonyl (C=O) groups is 2. The number of hydrogen-bond donors (Lipinski definition) is 0. The van der Waals surface area contributed by atoms with Gasteiger partial charge in [0.2, 0.25) is 5.91 Å². The third-order valence-electron chi connectivity index (χ3n) is 7.84. The van der Waals surface area contributed by atoms with Gasteiger partial charge in [0.15, 0.2) is 0 Å². The average molecular weight is 390 g/mol. The van der Waals surface area contributed by atoms with Crippen molar-refractivity contribution >= 4 is 23.5 Å². The monoisotopic (exact) mass is 389 g/mol. The second-order valence-electron chi connectivity index (χ2n) is 9.24. The van der Waals surface area contributed by atoms with E-state index in [0.717, 1.165) is 18.4 Å². The first-order valence-corrected chi connectivity index (χ1v) is 10.3. The summed E-state index contributed by atoms with van der Waals surface area (Å²) in [5, 5.41) is 0.662. The number of esters is 1. The molecule has 5 heteroatoms. The minimum atomic E-state index is -0.473. The molecule has 0 radical (unpaired) electrons. The third kappa shape index (κ3) is 2.97. The number of benzene rings is 1. The number of halogens is 1. The van der Waals surface area contributed by atoms with Crippen molar-refractivity contribution in [2.75, 3.05) is 0 Å². The Morgan fingerprint density at radius 2 is 1.93 bits per heavy atom. The first kappa shape index (κ1) is 18.8. The van der Waals surface area contributed by atoms with Gasteiger partial charge < -0.3 is 9.64 Å². The first-order chi connectivity index (χ1) is 12.7. The molecule has 1 aromatic rings. The normalized spacial score (nSPS) is 34.3. The number of hydrogen-bond acceptors (Lipinski definition) is 3. The van der Waals surface area contributed by atoms with Crippen LogP contribution in [0.1, 0.15) is 58.4 Å². The Morgan fingerprint density at radius 3 is 2.52 bits per heavy atom. The van der Waals surface area contributed by atoms with E-state index in [-0.39, 0.29) is 28.8 Å². The van der Waals surface area contributed by atoms with Crippen molar-refractivity contribution in [1.29, 1.82) is 0 Å². The van der Waals surface area contributed by atoms with Crippen LogP contribution in [0.15, 0.2) is 24.3 Å². The van der Waals surface area contributed by atoms with Gasteiger partial charge in [-0.25, -0.2) is 4.79 Å². The Morgan fingerprint density at radius 1 is 1.22 bits per heavy atom. The molecule has 1 aliphatic heterocycles. The van der Waals surface area contributed by atoms with Gasteiger partial charge in [0.25, 0.3) is 0 Å². The summed E-state index contributed by atoms with van der Waals surface area (Å²) in [4.78, 5) is 27.1. The number of fused-ring (bicyclic) bond motifs is 2. The fraction of sp³-hybridized carbons (Fsp3) is 0.636. The highest BCUT2D eigenvalue weighted by Gasteiger charge is 2.63. The zero-order chi connectivity index (χ0) is 19.4. The summed E-state index contributed by atoms with van der Waals surface area (Å²) >= 11 is 5.94. The fourth-order valence-corrected chi connectivity index (χ4v) is 5.62. The largest absolute Gasteiger partial charge is 0.460 e. The van der Waals surface area contributed by atoms with Crippen LogP contribution in [0.2, 0.25) is 5.02 Å². The zero-order valence-electron chi connectivity index (χ0n) is 16.3. The Bertz CT molecular complexity index is 759. The third-order valence-corrected chi connectivity index (χ3v) is 8.09. The summed E-state index contributed by atoms with van der Waals surface area (Å²) in [6.45, 7) is 7.31. The van der Waals surface area contributed by atoms with Crippen LogP contribution in [-0.2, 0) is 20.9 Å². The molecule has 0 spiro atoms. The molecule has 4 nitrogen and oxygen atoms in total. The maximum absolute atomic E-state index is 13.0. The summed E-state index contributed by atoms with van der Waals surface area (Å²) in [5.41, 5.74) is 1.21. The number of likely N-dealkylation sites (tertiary alicyclic amines) is 1. The van der Waals surface area contributed by atoms with E-state index in [1.165, 1.54) is 6.42 Å². The Kier molecular flexibility index (Phi) is 4.53. The number of ether oxygens (including phenoxy) is 1. The molecule has 0 N–H and O–H groups in total. The minimum absolute atomic E-state index is 0.0198. The van der Waals surface area contributed by atoms with Crippen molar-refractivity contribution in [1.82, 2.24) is 4.90 Å². The molecule has 1 aromatic carbocycles. The van der Waals surface area contributed by atoms with Gasteiger partial charge >= 0.3 is 5.97 Å². The maximum atomic E-state index is 13.0. The lowest BCUT2D eigenvalue weighted by molar-refractivity contribution is -0.164. The van der Waals surface area contributed by atoms with E-state index < -0.39 is 6.04 Å². The maximum Gasteiger partial charge on any atom is 0.329 e. The van der Waals surface area contributed by atoms with Crippen LogP contribution >= 0.6 is 11.6 Å². The SMILES string of the molecule is CC1(C)[C@@H]2CC[C@@]1(C)[C@@H](OC(=O)C1CCC(=O)N1Cc1ccc(Cl)cc1)C2. The van der Waals surface area contributed by atoms with Crippen LogP contribution in [0, 0.1) is 16.7 Å². The van der Waals surface area contributed by atoms with Crippen molar-refractivity contribution < 1.29 is 14.3 Å². The van der Waals surface area contributed by atoms with Crippen LogP contribution in [0.4, 0.5) is 0 Å². The number of nitrogens with zero attached hydrogens (tertiary/aromatic N) is 1. The van der Waals surface area contributed by atoms with Gasteiger partial charge in [-0.3, -0.25) is 4.79 Å². The van der Waals surface area contributed by atoms with Crippen LogP contribution in [0.3, 0.4) is 0 Å². The van der Waals surface area contributed by atoms with Gasteiger partial charge in [-0.15, -0.1) is 0 Å². The highest BCUT2D eigenvalue weighted by molar-refractivity contribution is 6.30. The molecule has 2 aliphatic carbocycles. The van der Waals surface area contributed by atoms with E-state index in [9.17, 15) is 9.59 Å². The molecule has 0 aromatic heterocycles. The van der Waals surface area contributed by atoms with Crippen molar-refractivity contribution in [2.24, 2.45) is 16.7 Å². The predicted octanol–water partition coefficient (Wildman–Crippen LogP) is 4.59. The van der Waals surface area contributed by atoms with Gasteiger partial charge in [-0.05, 0) is 54.7 Å². The standard InChI is InChI=1S/C22H28ClNO3/c1-21(2)15-10-11-22(21,3)18(12-15)27-20(26)17-8-9-19(25)24(17)13-14-4-6-16(23)7-5-14/h4-7,15,17-18H,8-13H2,1-3H3/t15-,17?,18+,22+/m1/s1. The lowest BCUT2D eigenvalue weighted by Crippen LogP contribution is -2.44. The molecule has 146 valence electrons. The Hall–Kier alpha value is -1.55. The van der Waals surface area contributed by atoms with Crippen molar-refractivity contribution in [2.45, 2.75) is 71.6 Å². The van der Waals surface area contributed by atoms with E-state index in [1.54, 1.807) is 4.90 Å². The summed E-state index contributed by atoms with van der Waals surface area (Å²) < 4.78 is 6.05. The molecular formula is C22H28ClNO3. The Labute approximate surface area is 166 Å². The smallest absolute Gasteiger partial charge is 0.329 e. The molecule has 1 amide bonds.